The van der Waals surface area contributed by atoms with Gasteiger partial charge in [0.05, 0.1) is 21.8 Å². The summed E-state index contributed by atoms with van der Waals surface area (Å²) in [7, 11) is 0. The van der Waals surface area contributed by atoms with Crippen LogP contribution < -0.4 is 4.90 Å². The first-order valence-corrected chi connectivity index (χ1v) is 24.9. The van der Waals surface area contributed by atoms with Crippen LogP contribution >= 0.6 is 11.3 Å². The number of para-hydroxylation sites is 1. The normalized spacial score (nSPS) is 22.2. The van der Waals surface area contributed by atoms with E-state index in [4.69, 9.17) is 0 Å². The van der Waals surface area contributed by atoms with Gasteiger partial charge in [0, 0.05) is 37.4 Å². The van der Waals surface area contributed by atoms with E-state index in [1.165, 1.54) is 124 Å². The first-order chi connectivity index (χ1) is 31.7. The Labute approximate surface area is 388 Å². The van der Waals surface area contributed by atoms with Crippen LogP contribution in [0.1, 0.15) is 81.2 Å². The fourth-order valence-corrected chi connectivity index (χ4v) is 15.3. The van der Waals surface area contributed by atoms with Crippen molar-refractivity contribution >= 4 is 48.6 Å². The number of benzene rings is 8. The van der Waals surface area contributed by atoms with Crippen molar-refractivity contribution in [2.75, 3.05) is 4.90 Å². The smallest absolute Gasteiger partial charge is 0.0640 e. The quantitative estimate of drug-likeness (QED) is 0.167. The second kappa shape index (κ2) is 14.4. The van der Waals surface area contributed by atoms with Crippen LogP contribution in [0.2, 0.25) is 0 Å². The highest BCUT2D eigenvalue weighted by Crippen LogP contribution is 2.66. The lowest BCUT2D eigenvalue weighted by Crippen LogP contribution is -2.49. The van der Waals surface area contributed by atoms with Crippen molar-refractivity contribution in [2.24, 2.45) is 23.7 Å². The summed E-state index contributed by atoms with van der Waals surface area (Å²) in [5.74, 6) is 2.95. The average Bonchev–Trinajstić information content (AvgIpc) is 3.93. The number of hydrogen-bond donors (Lipinski definition) is 0. The Hall–Kier alpha value is -6.22. The zero-order valence-electron chi connectivity index (χ0n) is 38.2. The molecular formula is C63H55NS. The third kappa shape index (κ3) is 5.56. The molecule has 1 heterocycles. The molecule has 0 N–H and O–H groups in total. The Morgan fingerprint density at radius 2 is 1.12 bits per heavy atom. The van der Waals surface area contributed by atoms with E-state index in [2.05, 4.69) is 209 Å². The minimum Gasteiger partial charge on any atom is -0.308 e. The van der Waals surface area contributed by atoms with Crippen LogP contribution in [0.15, 0.2) is 170 Å². The van der Waals surface area contributed by atoms with Gasteiger partial charge >= 0.3 is 0 Å². The molecule has 2 fully saturated rings. The monoisotopic (exact) mass is 857 g/mol. The highest BCUT2D eigenvalue weighted by atomic mass is 32.1. The fraction of sp³-hybridized carbons (Fsp3) is 0.238. The van der Waals surface area contributed by atoms with E-state index in [0.717, 1.165) is 11.8 Å². The molecule has 0 radical (unpaired) electrons. The van der Waals surface area contributed by atoms with E-state index in [0.29, 0.717) is 11.8 Å². The molecule has 1 nitrogen and oxygen atoms in total. The molecule has 65 heavy (non-hydrogen) atoms. The summed E-state index contributed by atoms with van der Waals surface area (Å²) in [6.07, 6.45) is 5.43. The van der Waals surface area contributed by atoms with Gasteiger partial charge in [-0.25, -0.2) is 0 Å². The van der Waals surface area contributed by atoms with Crippen LogP contribution in [-0.4, -0.2) is 0 Å². The van der Waals surface area contributed by atoms with Crippen molar-refractivity contribution in [3.63, 3.8) is 0 Å². The minimum atomic E-state index is -0.116. The molecule has 5 atom stereocenters. The van der Waals surface area contributed by atoms with Crippen LogP contribution in [0.25, 0.3) is 64.7 Å². The lowest BCUT2D eigenvalue weighted by atomic mass is 9.49. The minimum absolute atomic E-state index is 0.0742. The van der Waals surface area contributed by atoms with E-state index in [-0.39, 0.29) is 10.8 Å². The molecule has 0 aliphatic heterocycles. The van der Waals surface area contributed by atoms with Crippen molar-refractivity contribution in [1.82, 2.24) is 0 Å². The first kappa shape index (κ1) is 39.2. The number of anilines is 3. The largest absolute Gasteiger partial charge is 0.308 e. The van der Waals surface area contributed by atoms with Crippen molar-refractivity contribution in [3.05, 3.63) is 198 Å². The Morgan fingerprint density at radius 3 is 1.98 bits per heavy atom. The topological polar surface area (TPSA) is 3.24 Å². The van der Waals surface area contributed by atoms with Crippen LogP contribution in [0, 0.1) is 30.6 Å². The number of thiophene rings is 1. The first-order valence-electron chi connectivity index (χ1n) is 24.1. The predicted octanol–water partition coefficient (Wildman–Crippen LogP) is 17.8. The van der Waals surface area contributed by atoms with E-state index in [1.807, 2.05) is 11.3 Å². The molecule has 8 aromatic carbocycles. The van der Waals surface area contributed by atoms with Gasteiger partial charge in [0.1, 0.15) is 0 Å². The number of rotatable bonds is 5. The van der Waals surface area contributed by atoms with Crippen LogP contribution in [-0.2, 0) is 10.8 Å². The molecule has 4 aliphatic rings. The van der Waals surface area contributed by atoms with Gasteiger partial charge in [-0.3, -0.25) is 0 Å². The molecule has 0 amide bonds. The maximum Gasteiger partial charge on any atom is 0.0640 e. The molecule has 5 unspecified atom stereocenters. The number of hydrogen-bond acceptors (Lipinski definition) is 2. The number of nitrogens with zero attached hydrogens (tertiary/aromatic N) is 1. The molecule has 2 saturated carbocycles. The molecule has 13 rings (SSSR count). The van der Waals surface area contributed by atoms with Gasteiger partial charge < -0.3 is 4.90 Å². The summed E-state index contributed by atoms with van der Waals surface area (Å²) in [5.41, 5.74) is 21.6. The Bertz CT molecular complexity index is 3380. The van der Waals surface area contributed by atoms with Gasteiger partial charge in [0.2, 0.25) is 0 Å². The summed E-state index contributed by atoms with van der Waals surface area (Å²) in [6, 6.07) is 65.2. The van der Waals surface area contributed by atoms with Crippen molar-refractivity contribution < 1.29 is 0 Å². The molecule has 1 spiro atoms. The second-order valence-corrected chi connectivity index (χ2v) is 21.8. The Morgan fingerprint density at radius 1 is 0.492 bits per heavy atom. The fourth-order valence-electron chi connectivity index (χ4n) is 14.1. The van der Waals surface area contributed by atoms with E-state index >= 15 is 0 Å². The van der Waals surface area contributed by atoms with Crippen LogP contribution in [0.4, 0.5) is 17.1 Å². The summed E-state index contributed by atoms with van der Waals surface area (Å²) in [5, 5.41) is 2.62. The summed E-state index contributed by atoms with van der Waals surface area (Å²) >= 11 is 1.90. The average molecular weight is 858 g/mol. The van der Waals surface area contributed by atoms with Crippen LogP contribution in [0.5, 0.6) is 0 Å². The maximum atomic E-state index is 2.59. The summed E-state index contributed by atoms with van der Waals surface area (Å²) in [6.45, 7) is 12.2. The SMILES string of the molecule is Cc1ccc2c(c1)C1(c3cccc(-c4ccc(-c5ccccc5N(c5cccc6c5-c5ccccc5C6(C)C)c5cccc6c5sc5ccccc56)cc4)c3-2)C(C)CC2CC(C)CC1C2. The molecule has 0 saturated heterocycles. The maximum absolute atomic E-state index is 2.59. The number of aryl methyl sites for hydroxylation is 1. The molecule has 2 heteroatoms. The van der Waals surface area contributed by atoms with Crippen molar-refractivity contribution in [2.45, 2.75) is 71.1 Å². The molecule has 1 aromatic heterocycles. The van der Waals surface area contributed by atoms with Crippen molar-refractivity contribution in [1.29, 1.82) is 0 Å². The highest BCUT2D eigenvalue weighted by molar-refractivity contribution is 7.26. The zero-order valence-corrected chi connectivity index (χ0v) is 39.0. The van der Waals surface area contributed by atoms with Gasteiger partial charge in [0.15, 0.2) is 0 Å². The van der Waals surface area contributed by atoms with E-state index in [9.17, 15) is 0 Å². The second-order valence-electron chi connectivity index (χ2n) is 20.7. The lowest BCUT2D eigenvalue weighted by molar-refractivity contribution is 0.0426. The van der Waals surface area contributed by atoms with Gasteiger partial charge in [-0.05, 0) is 136 Å². The van der Waals surface area contributed by atoms with Crippen LogP contribution in [0.3, 0.4) is 0 Å². The van der Waals surface area contributed by atoms with Crippen molar-refractivity contribution in [3.8, 4) is 44.5 Å². The standard InChI is InChI=1S/C63H55NS/c1-38-27-32-50-54(35-38)63(40(3)36-41-33-39(2)34-44(63)37-41)53-22-12-18-46(59(50)53)43-30-28-42(29-31-43)45-15-7-10-23-55(45)64(57-25-13-19-48-47-16-8-11-26-58(47)65-61(48)57)56-24-14-21-52-60(56)49-17-6-9-20-51(49)62(52,4)5/h6-32,35,39-41,44H,33-34,36-37H2,1-5H3. The summed E-state index contributed by atoms with van der Waals surface area (Å²) in [4.78, 5) is 2.59. The van der Waals surface area contributed by atoms with Gasteiger partial charge in [-0.2, -0.15) is 0 Å². The molecular weight excluding hydrogens is 803 g/mol. The van der Waals surface area contributed by atoms with Gasteiger partial charge in [0.25, 0.3) is 0 Å². The van der Waals surface area contributed by atoms with E-state index < -0.39 is 0 Å². The lowest BCUT2D eigenvalue weighted by Gasteiger charge is -2.54. The number of fused-ring (bicyclic) bond motifs is 14. The predicted molar refractivity (Wildman–Crippen MR) is 277 cm³/mol. The molecule has 9 aromatic rings. The van der Waals surface area contributed by atoms with E-state index in [1.54, 1.807) is 11.1 Å². The molecule has 4 aliphatic carbocycles. The third-order valence-corrected chi connectivity index (χ3v) is 17.9. The van der Waals surface area contributed by atoms with Gasteiger partial charge in [-0.1, -0.05) is 179 Å². The Balaban J connectivity index is 0.983. The van der Waals surface area contributed by atoms with Gasteiger partial charge in [-0.15, -0.1) is 11.3 Å². The zero-order chi connectivity index (χ0) is 43.8. The molecule has 318 valence electrons. The highest BCUT2D eigenvalue weighted by Gasteiger charge is 2.57. The summed E-state index contributed by atoms with van der Waals surface area (Å²) < 4.78 is 2.62. The Kier molecular flexibility index (Phi) is 8.67. The third-order valence-electron chi connectivity index (χ3n) is 16.7. The molecule has 2 bridgehead atoms.